The second kappa shape index (κ2) is 2.62. The molecule has 0 radical (unpaired) electrons. The summed E-state index contributed by atoms with van der Waals surface area (Å²) in [5, 5.41) is 1.15. The molecule has 0 aromatic carbocycles. The average molecular weight is 218 g/mol. The molecular formula is C7H8BrNS. The summed E-state index contributed by atoms with van der Waals surface area (Å²) in [5.41, 5.74) is 1.92. The van der Waals surface area contributed by atoms with Gasteiger partial charge in [0.15, 0.2) is 0 Å². The Kier molecular flexibility index (Phi) is 1.78. The van der Waals surface area contributed by atoms with Crippen LogP contribution in [0.3, 0.4) is 0 Å². The fourth-order valence-corrected chi connectivity index (χ4v) is 2.72. The highest BCUT2D eigenvalue weighted by Gasteiger charge is 2.37. The van der Waals surface area contributed by atoms with E-state index >= 15 is 0 Å². The molecule has 0 aliphatic heterocycles. The zero-order chi connectivity index (χ0) is 6.97. The molecule has 0 saturated heterocycles. The third-order valence-corrected chi connectivity index (χ3v) is 3.68. The molecule has 0 N–H and O–H groups in total. The van der Waals surface area contributed by atoms with Gasteiger partial charge in [0.25, 0.3) is 0 Å². The van der Waals surface area contributed by atoms with Crippen LogP contribution in [0.1, 0.15) is 17.2 Å². The number of rotatable bonds is 2. The lowest BCUT2D eigenvalue weighted by molar-refractivity contribution is 0.947. The summed E-state index contributed by atoms with van der Waals surface area (Å²) >= 11 is 5.27. The van der Waals surface area contributed by atoms with E-state index in [1.54, 1.807) is 11.3 Å². The molecule has 10 heavy (non-hydrogen) atoms. The first-order chi connectivity index (χ1) is 4.92. The number of hydrogen-bond donors (Lipinski definition) is 0. The number of nitrogens with zero attached hydrogens (tertiary/aromatic N) is 1. The van der Waals surface area contributed by atoms with Gasteiger partial charge >= 0.3 is 0 Å². The van der Waals surface area contributed by atoms with E-state index in [2.05, 4.69) is 20.9 Å². The smallest absolute Gasteiger partial charge is 0.0794 e. The van der Waals surface area contributed by atoms with Gasteiger partial charge < -0.3 is 0 Å². The van der Waals surface area contributed by atoms with Crippen LogP contribution in [0.25, 0.3) is 0 Å². The minimum atomic E-state index is 0.826. The van der Waals surface area contributed by atoms with E-state index in [0.29, 0.717) is 0 Å². The topological polar surface area (TPSA) is 12.9 Å². The van der Waals surface area contributed by atoms with Crippen LogP contribution >= 0.6 is 27.3 Å². The van der Waals surface area contributed by atoms with Gasteiger partial charge in [-0.3, -0.25) is 4.98 Å². The van der Waals surface area contributed by atoms with Gasteiger partial charge in [-0.05, 0) is 18.3 Å². The summed E-state index contributed by atoms with van der Waals surface area (Å²) in [6.07, 6.45) is 3.35. The number of halogens is 1. The van der Waals surface area contributed by atoms with Crippen molar-refractivity contribution in [3.05, 3.63) is 16.6 Å². The molecule has 1 aromatic rings. The van der Waals surface area contributed by atoms with E-state index in [1.165, 1.54) is 11.3 Å². The van der Waals surface area contributed by atoms with E-state index in [-0.39, 0.29) is 0 Å². The molecule has 2 atom stereocenters. The highest BCUT2D eigenvalue weighted by molar-refractivity contribution is 9.09. The largest absolute Gasteiger partial charge is 0.253 e. The van der Waals surface area contributed by atoms with Crippen LogP contribution in [0.5, 0.6) is 0 Å². The van der Waals surface area contributed by atoms with Crippen molar-refractivity contribution in [3.63, 3.8) is 0 Å². The maximum absolute atomic E-state index is 4.06. The van der Waals surface area contributed by atoms with Crippen molar-refractivity contribution in [2.45, 2.75) is 12.3 Å². The second-order valence-electron chi connectivity index (χ2n) is 2.66. The zero-order valence-corrected chi connectivity index (χ0v) is 7.86. The molecule has 1 saturated carbocycles. The van der Waals surface area contributed by atoms with Crippen LogP contribution in [0.2, 0.25) is 0 Å². The number of aromatic nitrogens is 1. The fraction of sp³-hybridized carbons (Fsp3) is 0.571. The first-order valence-electron chi connectivity index (χ1n) is 3.36. The Morgan fingerprint density at radius 3 is 3.20 bits per heavy atom. The summed E-state index contributed by atoms with van der Waals surface area (Å²) in [5.74, 6) is 1.72. The van der Waals surface area contributed by atoms with Gasteiger partial charge in [-0.1, -0.05) is 15.9 Å². The van der Waals surface area contributed by atoms with Crippen molar-refractivity contribution in [1.29, 1.82) is 0 Å². The molecule has 1 aliphatic rings. The highest BCUT2D eigenvalue weighted by atomic mass is 79.9. The molecule has 54 valence electrons. The summed E-state index contributed by atoms with van der Waals surface area (Å²) < 4.78 is 0. The Bertz CT molecular complexity index is 209. The minimum Gasteiger partial charge on any atom is -0.253 e. The molecule has 1 heterocycles. The van der Waals surface area contributed by atoms with Crippen molar-refractivity contribution in [1.82, 2.24) is 4.98 Å². The summed E-state index contributed by atoms with van der Waals surface area (Å²) in [6, 6.07) is 0. The molecule has 0 spiro atoms. The standard InChI is InChI=1S/C7H8BrNS/c8-2-5-1-6(5)7-3-9-4-10-7/h3-6H,1-2H2. The lowest BCUT2D eigenvalue weighted by Gasteiger charge is -1.87. The van der Waals surface area contributed by atoms with E-state index in [4.69, 9.17) is 0 Å². The van der Waals surface area contributed by atoms with Crippen LogP contribution in [0.15, 0.2) is 11.7 Å². The Morgan fingerprint density at radius 1 is 1.80 bits per heavy atom. The lowest BCUT2D eigenvalue weighted by Crippen LogP contribution is -1.78. The molecule has 0 bridgehead atoms. The van der Waals surface area contributed by atoms with Gasteiger partial charge in [0, 0.05) is 16.4 Å². The van der Waals surface area contributed by atoms with Gasteiger partial charge in [0.2, 0.25) is 0 Å². The molecule has 1 nitrogen and oxygen atoms in total. The maximum atomic E-state index is 4.06. The minimum absolute atomic E-state index is 0.826. The van der Waals surface area contributed by atoms with E-state index in [0.717, 1.165) is 17.2 Å². The summed E-state index contributed by atoms with van der Waals surface area (Å²) in [7, 11) is 0. The van der Waals surface area contributed by atoms with Crippen molar-refractivity contribution in [2.24, 2.45) is 5.92 Å². The molecule has 1 aromatic heterocycles. The van der Waals surface area contributed by atoms with E-state index < -0.39 is 0 Å². The summed E-state index contributed by atoms with van der Waals surface area (Å²) in [6.45, 7) is 0. The monoisotopic (exact) mass is 217 g/mol. The molecule has 3 heteroatoms. The van der Waals surface area contributed by atoms with Crippen LogP contribution < -0.4 is 0 Å². The van der Waals surface area contributed by atoms with Crippen LogP contribution in [0.4, 0.5) is 0 Å². The van der Waals surface area contributed by atoms with Gasteiger partial charge in [-0.15, -0.1) is 11.3 Å². The third-order valence-electron chi connectivity index (χ3n) is 1.94. The third kappa shape index (κ3) is 1.12. The normalized spacial score (nSPS) is 30.5. The molecule has 0 amide bonds. The number of alkyl halides is 1. The Balaban J connectivity index is 2.05. The lowest BCUT2D eigenvalue weighted by atomic mass is 10.3. The number of hydrogen-bond acceptors (Lipinski definition) is 2. The first-order valence-corrected chi connectivity index (χ1v) is 5.36. The van der Waals surface area contributed by atoms with Crippen molar-refractivity contribution in [3.8, 4) is 0 Å². The second-order valence-corrected chi connectivity index (χ2v) is 4.23. The van der Waals surface area contributed by atoms with Crippen LogP contribution in [-0.2, 0) is 0 Å². The Morgan fingerprint density at radius 2 is 2.70 bits per heavy atom. The van der Waals surface area contributed by atoms with Crippen LogP contribution in [0, 0.1) is 5.92 Å². The molecule has 2 unspecified atom stereocenters. The van der Waals surface area contributed by atoms with Crippen molar-refractivity contribution < 1.29 is 0 Å². The molecule has 2 rings (SSSR count). The quantitative estimate of drug-likeness (QED) is 0.695. The van der Waals surface area contributed by atoms with E-state index in [1.807, 2.05) is 11.7 Å². The van der Waals surface area contributed by atoms with Crippen molar-refractivity contribution in [2.75, 3.05) is 5.33 Å². The molecule has 1 aliphatic carbocycles. The fourth-order valence-electron chi connectivity index (χ4n) is 1.18. The zero-order valence-electron chi connectivity index (χ0n) is 5.46. The van der Waals surface area contributed by atoms with Gasteiger partial charge in [0.05, 0.1) is 5.51 Å². The van der Waals surface area contributed by atoms with Gasteiger partial charge in [-0.2, -0.15) is 0 Å². The number of thiazole rings is 1. The molecular weight excluding hydrogens is 210 g/mol. The highest BCUT2D eigenvalue weighted by Crippen LogP contribution is 2.49. The van der Waals surface area contributed by atoms with E-state index in [9.17, 15) is 0 Å². The average Bonchev–Trinajstić information content (AvgIpc) is 2.56. The maximum Gasteiger partial charge on any atom is 0.0794 e. The first kappa shape index (κ1) is 6.80. The Labute approximate surface area is 72.6 Å². The van der Waals surface area contributed by atoms with Gasteiger partial charge in [0.1, 0.15) is 0 Å². The predicted octanol–water partition coefficient (Wildman–Crippen LogP) is 2.64. The SMILES string of the molecule is BrCC1CC1c1cncs1. The Hall–Kier alpha value is 0.110. The van der Waals surface area contributed by atoms with Gasteiger partial charge in [-0.25, -0.2) is 0 Å². The summed E-state index contributed by atoms with van der Waals surface area (Å²) in [4.78, 5) is 5.52. The molecule has 1 fully saturated rings. The van der Waals surface area contributed by atoms with Crippen molar-refractivity contribution >= 4 is 27.3 Å². The predicted molar refractivity (Wildman–Crippen MR) is 46.8 cm³/mol. The van der Waals surface area contributed by atoms with Crippen LogP contribution in [-0.4, -0.2) is 10.3 Å².